The van der Waals surface area contributed by atoms with Gasteiger partial charge in [-0.1, -0.05) is 12.1 Å². The van der Waals surface area contributed by atoms with Crippen molar-refractivity contribution in [2.75, 3.05) is 33.7 Å². The number of sulfonamides is 1. The monoisotopic (exact) mass is 566 g/mol. The number of hydrogen-bond acceptors (Lipinski definition) is 5. The van der Waals surface area contributed by atoms with E-state index >= 15 is 0 Å². The molecule has 1 saturated heterocycles. The first-order chi connectivity index (χ1) is 14.1. The van der Waals surface area contributed by atoms with Gasteiger partial charge in [-0.05, 0) is 44.4 Å². The Labute approximate surface area is 202 Å². The van der Waals surface area contributed by atoms with Crippen LogP contribution in [0.15, 0.2) is 34.2 Å². The summed E-state index contributed by atoms with van der Waals surface area (Å²) < 4.78 is 22.8. The zero-order valence-electron chi connectivity index (χ0n) is 18.7. The molecule has 0 spiro atoms. The van der Waals surface area contributed by atoms with E-state index in [9.17, 15) is 13.2 Å². The van der Waals surface area contributed by atoms with Gasteiger partial charge in [-0.3, -0.25) is 4.79 Å². The van der Waals surface area contributed by atoms with E-state index < -0.39 is 10.0 Å². The molecule has 176 valence electrons. The zero-order valence-corrected chi connectivity index (χ0v) is 21.8. The molecule has 1 aromatic rings. The number of nitrogens with zero attached hydrogens (tertiary/aromatic N) is 3. The summed E-state index contributed by atoms with van der Waals surface area (Å²) in [6, 6.07) is 7.14. The molecule has 4 N–H and O–H groups in total. The first kappa shape index (κ1) is 27.6. The summed E-state index contributed by atoms with van der Waals surface area (Å²) in [7, 11) is -0.291. The van der Waals surface area contributed by atoms with Gasteiger partial charge in [-0.15, -0.1) is 24.0 Å². The van der Waals surface area contributed by atoms with Crippen LogP contribution < -0.4 is 15.8 Å². The minimum Gasteiger partial charge on any atom is -0.354 e. The molecule has 0 radical (unpaired) electrons. The highest BCUT2D eigenvalue weighted by atomic mass is 127. The lowest BCUT2D eigenvalue weighted by Crippen LogP contribution is -2.51. The largest absolute Gasteiger partial charge is 0.354 e. The number of hydrogen-bond donors (Lipinski definition) is 3. The number of nitrogens with two attached hydrogens (primary N) is 1. The van der Waals surface area contributed by atoms with Crippen molar-refractivity contribution >= 4 is 45.9 Å². The molecule has 0 aliphatic carbocycles. The molecule has 2 rings (SSSR count). The van der Waals surface area contributed by atoms with Gasteiger partial charge in [0, 0.05) is 39.3 Å². The van der Waals surface area contributed by atoms with Crippen LogP contribution in [0.4, 0.5) is 0 Å². The number of piperidine rings is 1. The third kappa shape index (κ3) is 9.29. The third-order valence-electron chi connectivity index (χ3n) is 5.18. The molecule has 1 aromatic carbocycles. The number of carbonyl (C=O) groups is 1. The van der Waals surface area contributed by atoms with Crippen molar-refractivity contribution in [1.29, 1.82) is 0 Å². The number of aliphatic imine (C=N–C) groups is 1. The van der Waals surface area contributed by atoms with Gasteiger partial charge in [0.15, 0.2) is 5.96 Å². The first-order valence-corrected chi connectivity index (χ1v) is 11.7. The highest BCUT2D eigenvalue weighted by molar-refractivity contribution is 14.0. The second-order valence-electron chi connectivity index (χ2n) is 8.04. The average molecular weight is 567 g/mol. The number of likely N-dealkylation sites (tertiary alicyclic amines) is 1. The van der Waals surface area contributed by atoms with E-state index in [0.717, 1.165) is 31.5 Å². The van der Waals surface area contributed by atoms with Gasteiger partial charge in [0.05, 0.1) is 18.0 Å². The smallest absolute Gasteiger partial charge is 0.241 e. The number of rotatable bonds is 7. The molecule has 1 aliphatic heterocycles. The molecule has 0 atom stereocenters. The zero-order chi connectivity index (χ0) is 22.3. The molecule has 31 heavy (non-hydrogen) atoms. The van der Waals surface area contributed by atoms with Crippen LogP contribution in [-0.4, -0.2) is 75.9 Å². The maximum Gasteiger partial charge on any atom is 0.241 e. The second-order valence-corrected chi connectivity index (χ2v) is 9.61. The van der Waals surface area contributed by atoms with Crippen LogP contribution in [0.2, 0.25) is 0 Å². The highest BCUT2D eigenvalue weighted by Gasteiger charge is 2.21. The fourth-order valence-corrected chi connectivity index (χ4v) is 3.69. The Balaban J connectivity index is 0.00000480. The summed E-state index contributed by atoms with van der Waals surface area (Å²) in [6.45, 7) is 6.95. The Hall–Kier alpha value is -1.44. The molecule has 0 aromatic heterocycles. The van der Waals surface area contributed by atoms with Crippen LogP contribution in [0.3, 0.4) is 0 Å². The molecule has 1 fully saturated rings. The Morgan fingerprint density at radius 3 is 2.29 bits per heavy atom. The summed E-state index contributed by atoms with van der Waals surface area (Å²) in [6.07, 6.45) is 2.01. The highest BCUT2D eigenvalue weighted by Crippen LogP contribution is 2.13. The Morgan fingerprint density at radius 2 is 1.81 bits per heavy atom. The van der Waals surface area contributed by atoms with Crippen LogP contribution in [0, 0.1) is 0 Å². The topological polar surface area (TPSA) is 120 Å². The molecular weight excluding hydrogens is 531 g/mol. The SMILES string of the molecule is CC(C)N1CCC(NC(=NCc2ccc(S(N)(=O)=O)cc2)NCC(=O)N(C)C)CC1.I. The molecule has 11 heteroatoms. The van der Waals surface area contributed by atoms with Gasteiger partial charge in [0.1, 0.15) is 0 Å². The van der Waals surface area contributed by atoms with Gasteiger partial charge in [0.25, 0.3) is 0 Å². The van der Waals surface area contributed by atoms with Crippen LogP contribution in [0.5, 0.6) is 0 Å². The number of halogens is 1. The van der Waals surface area contributed by atoms with Crippen LogP contribution in [-0.2, 0) is 21.4 Å². The van der Waals surface area contributed by atoms with E-state index in [1.807, 2.05) is 0 Å². The van der Waals surface area contributed by atoms with Crippen molar-refractivity contribution in [1.82, 2.24) is 20.4 Å². The summed E-state index contributed by atoms with van der Waals surface area (Å²) in [5, 5.41) is 11.7. The normalized spacial score (nSPS) is 16.0. The fourth-order valence-electron chi connectivity index (χ4n) is 3.18. The second kappa shape index (κ2) is 12.6. The quantitative estimate of drug-likeness (QED) is 0.257. The number of nitrogens with one attached hydrogen (secondary N) is 2. The predicted octanol–water partition coefficient (Wildman–Crippen LogP) is 0.948. The van der Waals surface area contributed by atoms with Crippen LogP contribution in [0.1, 0.15) is 32.3 Å². The lowest BCUT2D eigenvalue weighted by atomic mass is 10.0. The number of benzene rings is 1. The number of likely N-dealkylation sites (N-methyl/N-ethyl adjacent to an activating group) is 1. The molecule has 0 saturated carbocycles. The van der Waals surface area contributed by atoms with Crippen LogP contribution >= 0.6 is 24.0 Å². The van der Waals surface area contributed by atoms with Crippen molar-refractivity contribution in [2.45, 2.75) is 50.2 Å². The number of carbonyl (C=O) groups excluding carboxylic acids is 1. The Bertz CT molecular complexity index is 835. The molecule has 0 bridgehead atoms. The van der Waals surface area contributed by atoms with Gasteiger partial charge in [0.2, 0.25) is 15.9 Å². The van der Waals surface area contributed by atoms with Crippen molar-refractivity contribution in [3.63, 3.8) is 0 Å². The summed E-state index contributed by atoms with van der Waals surface area (Å²) in [4.78, 5) is 20.6. The van der Waals surface area contributed by atoms with E-state index in [-0.39, 0.29) is 47.4 Å². The molecule has 1 heterocycles. The van der Waals surface area contributed by atoms with Gasteiger partial charge in [-0.25, -0.2) is 18.5 Å². The van der Waals surface area contributed by atoms with Gasteiger partial charge < -0.3 is 20.4 Å². The van der Waals surface area contributed by atoms with Gasteiger partial charge >= 0.3 is 0 Å². The van der Waals surface area contributed by atoms with E-state index in [4.69, 9.17) is 5.14 Å². The maximum atomic E-state index is 12.0. The number of primary sulfonamides is 1. The van der Waals surface area contributed by atoms with Crippen molar-refractivity contribution in [2.24, 2.45) is 10.1 Å². The summed E-state index contributed by atoms with van der Waals surface area (Å²) in [5.74, 6) is 0.528. The number of amides is 1. The maximum absolute atomic E-state index is 12.0. The Kier molecular flexibility index (Phi) is 11.2. The molecule has 9 nitrogen and oxygen atoms in total. The molecule has 1 aliphatic rings. The predicted molar refractivity (Wildman–Crippen MR) is 134 cm³/mol. The fraction of sp³-hybridized carbons (Fsp3) is 0.600. The minimum absolute atomic E-state index is 0. The number of guanidine groups is 1. The Morgan fingerprint density at radius 1 is 1.23 bits per heavy atom. The van der Waals surface area contributed by atoms with Crippen molar-refractivity contribution in [3.8, 4) is 0 Å². The van der Waals surface area contributed by atoms with E-state index in [1.165, 1.54) is 17.0 Å². The first-order valence-electron chi connectivity index (χ1n) is 10.2. The standard InChI is InChI=1S/C20H34N6O3S.HI/c1-15(2)26-11-9-17(10-12-26)24-20(23-14-19(27)25(3)4)22-13-16-5-7-18(8-6-16)30(21,28)29;/h5-8,15,17H,9-14H2,1-4H3,(H2,21,28,29)(H2,22,23,24);1H. The van der Waals surface area contributed by atoms with Crippen LogP contribution in [0.25, 0.3) is 0 Å². The lowest BCUT2D eigenvalue weighted by molar-refractivity contribution is -0.127. The summed E-state index contributed by atoms with van der Waals surface area (Å²) in [5.41, 5.74) is 0.845. The van der Waals surface area contributed by atoms with E-state index in [1.54, 1.807) is 26.2 Å². The lowest BCUT2D eigenvalue weighted by Gasteiger charge is -2.35. The average Bonchev–Trinajstić information content (AvgIpc) is 2.69. The molecule has 0 unspecified atom stereocenters. The molecular formula is C20H35IN6O3S. The minimum atomic E-state index is -3.71. The van der Waals surface area contributed by atoms with Crippen molar-refractivity contribution in [3.05, 3.63) is 29.8 Å². The van der Waals surface area contributed by atoms with E-state index in [2.05, 4.69) is 34.4 Å². The summed E-state index contributed by atoms with van der Waals surface area (Å²) >= 11 is 0. The van der Waals surface area contributed by atoms with E-state index in [0.29, 0.717) is 18.5 Å². The molecule has 1 amide bonds. The third-order valence-corrected chi connectivity index (χ3v) is 6.11. The van der Waals surface area contributed by atoms with Gasteiger partial charge in [-0.2, -0.15) is 0 Å². The van der Waals surface area contributed by atoms with Crippen molar-refractivity contribution < 1.29 is 13.2 Å².